The number of halogens is 5. The number of piperidine rings is 1. The van der Waals surface area contributed by atoms with Crippen LogP contribution in [0.2, 0.25) is 0 Å². The Morgan fingerprint density at radius 2 is 1.88 bits per heavy atom. The van der Waals surface area contributed by atoms with E-state index in [2.05, 4.69) is 20.9 Å². The van der Waals surface area contributed by atoms with Crippen LogP contribution in [0.15, 0.2) is 24.3 Å². The van der Waals surface area contributed by atoms with Crippen molar-refractivity contribution in [2.75, 3.05) is 13.1 Å². The van der Waals surface area contributed by atoms with E-state index in [1.54, 1.807) is 0 Å². The molecule has 1 aromatic heterocycles. The first-order valence-electron chi connectivity index (χ1n) is 7.67. The number of carbonyl (C=O) groups excluding carboxylic acids is 1. The first-order valence-corrected chi connectivity index (χ1v) is 7.67. The lowest BCUT2D eigenvalue weighted by molar-refractivity contribution is -0.143. The molecule has 0 radical (unpaired) electrons. The Morgan fingerprint density at radius 3 is 2.50 bits per heavy atom. The lowest BCUT2D eigenvalue weighted by Gasteiger charge is -2.23. The third kappa shape index (κ3) is 4.13. The molecule has 0 spiro atoms. The normalized spacial score (nSPS) is 15.4. The number of hydrogen-bond acceptors (Lipinski definition) is 4. The van der Waals surface area contributed by atoms with Crippen molar-refractivity contribution >= 4 is 18.3 Å². The van der Waals surface area contributed by atoms with Crippen LogP contribution in [0.4, 0.5) is 17.6 Å². The number of benzene rings is 1. The lowest BCUT2D eigenvalue weighted by Crippen LogP contribution is -2.43. The molecule has 0 bridgehead atoms. The minimum Gasteiger partial charge on any atom is -0.348 e. The topological polar surface area (TPSA) is 71.8 Å². The first kappa shape index (κ1) is 20.1. The van der Waals surface area contributed by atoms with Gasteiger partial charge in [0.25, 0.3) is 5.91 Å². The van der Waals surface area contributed by atoms with Gasteiger partial charge in [-0.15, -0.1) is 17.5 Å². The Morgan fingerprint density at radius 1 is 1.23 bits per heavy atom. The molecule has 2 aromatic rings. The summed E-state index contributed by atoms with van der Waals surface area (Å²) in [4.78, 5) is 12.3. The summed E-state index contributed by atoms with van der Waals surface area (Å²) >= 11 is 0. The smallest absolute Gasteiger partial charge is 0.348 e. The zero-order valence-corrected chi connectivity index (χ0v) is 14.2. The van der Waals surface area contributed by atoms with Gasteiger partial charge in [-0.1, -0.05) is 17.3 Å². The number of rotatable bonds is 3. The highest BCUT2D eigenvalue weighted by Gasteiger charge is 2.42. The van der Waals surface area contributed by atoms with Gasteiger partial charge in [0.15, 0.2) is 11.4 Å². The van der Waals surface area contributed by atoms with Crippen molar-refractivity contribution in [1.82, 2.24) is 25.6 Å². The van der Waals surface area contributed by atoms with Gasteiger partial charge in [0.1, 0.15) is 11.5 Å². The summed E-state index contributed by atoms with van der Waals surface area (Å²) in [7, 11) is 0. The van der Waals surface area contributed by atoms with Gasteiger partial charge < -0.3 is 10.6 Å². The number of para-hydroxylation sites is 1. The largest absolute Gasteiger partial charge is 0.435 e. The average Bonchev–Trinajstić information content (AvgIpc) is 3.01. The average molecular weight is 394 g/mol. The van der Waals surface area contributed by atoms with Crippen molar-refractivity contribution in [2.45, 2.75) is 25.1 Å². The Hall–Kier alpha value is -2.20. The van der Waals surface area contributed by atoms with Gasteiger partial charge in [0.2, 0.25) is 0 Å². The van der Waals surface area contributed by atoms with Gasteiger partial charge in [-0.2, -0.15) is 13.2 Å². The molecule has 1 amide bonds. The number of alkyl halides is 3. The summed E-state index contributed by atoms with van der Waals surface area (Å²) in [5.41, 5.74) is -2.69. The maximum Gasteiger partial charge on any atom is 0.435 e. The van der Waals surface area contributed by atoms with Crippen molar-refractivity contribution in [1.29, 1.82) is 0 Å². The second-order valence-corrected chi connectivity index (χ2v) is 5.65. The highest BCUT2D eigenvalue weighted by molar-refractivity contribution is 5.93. The standard InChI is InChI=1S/C15H15F4N5O.ClH/c16-10-3-1-2-4-11(10)24-13(15(17,18)19)12(22-23-24)14(25)21-9-5-7-20-8-6-9;/h1-4,9,20H,5-8H2,(H,21,25);1H. The fourth-order valence-electron chi connectivity index (χ4n) is 2.70. The van der Waals surface area contributed by atoms with Gasteiger partial charge in [-0.3, -0.25) is 4.79 Å². The van der Waals surface area contributed by atoms with Gasteiger partial charge in [0.05, 0.1) is 0 Å². The third-order valence-corrected chi connectivity index (χ3v) is 3.91. The van der Waals surface area contributed by atoms with Crippen LogP contribution in [0.5, 0.6) is 0 Å². The maximum atomic E-state index is 13.9. The van der Waals surface area contributed by atoms with E-state index in [0.29, 0.717) is 30.6 Å². The fraction of sp³-hybridized carbons (Fsp3) is 0.400. The molecule has 6 nitrogen and oxygen atoms in total. The lowest BCUT2D eigenvalue weighted by atomic mass is 10.1. The Kier molecular flexibility index (Phi) is 6.19. The number of amides is 1. The minimum atomic E-state index is -4.92. The van der Waals surface area contributed by atoms with E-state index in [4.69, 9.17) is 0 Å². The third-order valence-electron chi connectivity index (χ3n) is 3.91. The number of nitrogens with one attached hydrogen (secondary N) is 2. The molecule has 0 aliphatic carbocycles. The molecule has 0 saturated carbocycles. The van der Waals surface area contributed by atoms with Gasteiger partial charge in [-0.05, 0) is 38.1 Å². The van der Waals surface area contributed by atoms with E-state index in [9.17, 15) is 22.4 Å². The van der Waals surface area contributed by atoms with Crippen LogP contribution in [0.1, 0.15) is 29.0 Å². The van der Waals surface area contributed by atoms with Crippen molar-refractivity contribution in [3.63, 3.8) is 0 Å². The van der Waals surface area contributed by atoms with Crippen LogP contribution in [0.25, 0.3) is 5.69 Å². The molecule has 0 atom stereocenters. The Bertz CT molecular complexity index is 774. The molecule has 1 aliphatic heterocycles. The summed E-state index contributed by atoms with van der Waals surface area (Å²) in [5, 5.41) is 12.4. The van der Waals surface area contributed by atoms with E-state index < -0.39 is 35.0 Å². The SMILES string of the molecule is Cl.O=C(NC1CCNCC1)c1nnn(-c2ccccc2F)c1C(F)(F)F. The zero-order chi connectivity index (χ0) is 18.0. The Labute approximate surface area is 152 Å². The van der Waals surface area contributed by atoms with Crippen LogP contribution in [0.3, 0.4) is 0 Å². The summed E-state index contributed by atoms with van der Waals surface area (Å²) < 4.78 is 54.6. The van der Waals surface area contributed by atoms with E-state index in [0.717, 1.165) is 12.1 Å². The molecule has 11 heteroatoms. The molecule has 1 saturated heterocycles. The van der Waals surface area contributed by atoms with Crippen LogP contribution in [0, 0.1) is 5.82 Å². The molecular weight excluding hydrogens is 378 g/mol. The molecule has 1 aromatic carbocycles. The van der Waals surface area contributed by atoms with E-state index in [1.807, 2.05) is 0 Å². The molecule has 26 heavy (non-hydrogen) atoms. The maximum absolute atomic E-state index is 13.9. The summed E-state index contributed by atoms with van der Waals surface area (Å²) in [6.45, 7) is 1.33. The van der Waals surface area contributed by atoms with Crippen LogP contribution in [-0.2, 0) is 6.18 Å². The van der Waals surface area contributed by atoms with Crippen LogP contribution < -0.4 is 10.6 Å². The summed E-state index contributed by atoms with van der Waals surface area (Å²) in [5.74, 6) is -1.87. The number of carbonyl (C=O) groups is 1. The van der Waals surface area contributed by atoms with Crippen molar-refractivity contribution in [2.24, 2.45) is 0 Å². The molecule has 142 valence electrons. The molecule has 3 rings (SSSR count). The van der Waals surface area contributed by atoms with Crippen LogP contribution in [-0.4, -0.2) is 40.0 Å². The van der Waals surface area contributed by atoms with Crippen LogP contribution >= 0.6 is 12.4 Å². The second kappa shape index (κ2) is 8.00. The van der Waals surface area contributed by atoms with Gasteiger partial charge in [-0.25, -0.2) is 9.07 Å². The van der Waals surface area contributed by atoms with E-state index in [-0.39, 0.29) is 18.4 Å². The highest BCUT2D eigenvalue weighted by atomic mass is 35.5. The highest BCUT2D eigenvalue weighted by Crippen LogP contribution is 2.33. The molecule has 0 unspecified atom stereocenters. The van der Waals surface area contributed by atoms with Gasteiger partial charge in [0, 0.05) is 6.04 Å². The molecule has 2 heterocycles. The Balaban J connectivity index is 0.00000243. The van der Waals surface area contributed by atoms with E-state index >= 15 is 0 Å². The number of aromatic nitrogens is 3. The summed E-state index contributed by atoms with van der Waals surface area (Å²) in [6.07, 6.45) is -3.71. The monoisotopic (exact) mass is 393 g/mol. The predicted molar refractivity (Wildman–Crippen MR) is 86.9 cm³/mol. The molecular formula is C15H16ClF4N5O. The van der Waals surface area contributed by atoms with Crippen molar-refractivity contribution < 1.29 is 22.4 Å². The van der Waals surface area contributed by atoms with Gasteiger partial charge >= 0.3 is 6.18 Å². The molecule has 2 N–H and O–H groups in total. The predicted octanol–water partition coefficient (Wildman–Crippen LogP) is 2.33. The van der Waals surface area contributed by atoms with Crippen molar-refractivity contribution in [3.05, 3.63) is 41.5 Å². The summed E-state index contributed by atoms with van der Waals surface area (Å²) in [6, 6.07) is 4.61. The first-order chi connectivity index (χ1) is 11.9. The second-order valence-electron chi connectivity index (χ2n) is 5.65. The number of nitrogens with zero attached hydrogens (tertiary/aromatic N) is 3. The quantitative estimate of drug-likeness (QED) is 0.785. The molecule has 1 fully saturated rings. The minimum absolute atomic E-state index is 0. The zero-order valence-electron chi connectivity index (χ0n) is 13.4. The fourth-order valence-corrected chi connectivity index (χ4v) is 2.70. The van der Waals surface area contributed by atoms with E-state index in [1.165, 1.54) is 12.1 Å². The number of hydrogen-bond donors (Lipinski definition) is 2. The van der Waals surface area contributed by atoms with Crippen molar-refractivity contribution in [3.8, 4) is 5.69 Å². The molecule has 1 aliphatic rings.